The molecule has 3 saturated heterocycles. The van der Waals surface area contributed by atoms with Gasteiger partial charge in [-0.1, -0.05) is 24.0 Å². The Hall–Kier alpha value is -2.15. The fraction of sp³-hybridized carbons (Fsp3) is 0.773. The van der Waals surface area contributed by atoms with Crippen molar-refractivity contribution >= 4 is 5.82 Å². The lowest BCUT2D eigenvalue weighted by molar-refractivity contribution is -0.207. The third kappa shape index (κ3) is 5.99. The summed E-state index contributed by atoms with van der Waals surface area (Å²) in [7, 11) is 0. The van der Waals surface area contributed by atoms with Crippen molar-refractivity contribution in [2.45, 2.75) is 81.6 Å². The molecule has 1 aromatic heterocycles. The third-order valence-electron chi connectivity index (χ3n) is 6.20. The molecule has 2 bridgehead atoms. The molecule has 0 unspecified atom stereocenters. The Labute approximate surface area is 201 Å². The Morgan fingerprint density at radius 1 is 1.20 bits per heavy atom. The van der Waals surface area contributed by atoms with Crippen molar-refractivity contribution in [3.05, 3.63) is 34.3 Å². The minimum atomic E-state index is -4.56. The highest BCUT2D eigenvalue weighted by molar-refractivity contribution is 5.39. The summed E-state index contributed by atoms with van der Waals surface area (Å²) in [6.45, 7) is 5.02. The average Bonchev–Trinajstić information content (AvgIpc) is 3.35. The van der Waals surface area contributed by atoms with Crippen LogP contribution in [0.3, 0.4) is 0 Å². The summed E-state index contributed by atoms with van der Waals surface area (Å²) in [5.41, 5.74) is 6.41. The van der Waals surface area contributed by atoms with Crippen LogP contribution in [0.2, 0.25) is 0 Å². The minimum Gasteiger partial charge on any atom is -0.378 e. The van der Waals surface area contributed by atoms with Crippen molar-refractivity contribution in [3.8, 4) is 0 Å². The molecule has 0 spiro atoms. The van der Waals surface area contributed by atoms with Crippen molar-refractivity contribution in [1.82, 2.24) is 4.98 Å². The zero-order chi connectivity index (χ0) is 25.1. The number of hydrogen-bond acceptors (Lipinski definition) is 8. The van der Waals surface area contributed by atoms with Crippen molar-refractivity contribution in [2.75, 3.05) is 31.7 Å². The molecule has 0 amide bonds. The minimum absolute atomic E-state index is 0.0418. The highest BCUT2D eigenvalue weighted by Gasteiger charge is 2.66. The van der Waals surface area contributed by atoms with E-state index >= 15 is 0 Å². The van der Waals surface area contributed by atoms with Crippen molar-refractivity contribution in [2.24, 2.45) is 5.11 Å². The summed E-state index contributed by atoms with van der Waals surface area (Å²) in [6.07, 6.45) is -2.85. The first-order valence-electron chi connectivity index (χ1n) is 11.7. The number of halogens is 3. The molecular weight excluding hydrogens is 471 g/mol. The maximum Gasteiger partial charge on any atom is 0.433 e. The van der Waals surface area contributed by atoms with Crippen LogP contribution < -0.4 is 5.32 Å². The van der Waals surface area contributed by atoms with E-state index in [1.807, 2.05) is 0 Å². The van der Waals surface area contributed by atoms with Gasteiger partial charge in [0.1, 0.15) is 35.4 Å². The number of fused-ring (bicyclic) bond motifs is 4. The number of azide groups is 1. The van der Waals surface area contributed by atoms with Crippen LogP contribution in [0.25, 0.3) is 10.4 Å². The fourth-order valence-corrected chi connectivity index (χ4v) is 4.64. The normalized spacial score (nSPS) is 31.1. The molecule has 4 rings (SSSR count). The van der Waals surface area contributed by atoms with Gasteiger partial charge in [0, 0.05) is 18.1 Å². The number of pyridine rings is 1. The molecule has 1 aromatic rings. The van der Waals surface area contributed by atoms with E-state index in [0.717, 1.165) is 31.7 Å². The summed E-state index contributed by atoms with van der Waals surface area (Å²) in [5.74, 6) is -0.872. The van der Waals surface area contributed by atoms with Gasteiger partial charge in [0.05, 0.1) is 13.2 Å². The molecule has 3 aliphatic heterocycles. The van der Waals surface area contributed by atoms with E-state index in [1.54, 1.807) is 13.8 Å². The first kappa shape index (κ1) is 25.9. The molecule has 10 nitrogen and oxygen atoms in total. The van der Waals surface area contributed by atoms with Crippen LogP contribution in [-0.4, -0.2) is 67.3 Å². The van der Waals surface area contributed by atoms with Crippen LogP contribution in [-0.2, 0) is 29.9 Å². The Morgan fingerprint density at radius 2 is 2.00 bits per heavy atom. The van der Waals surface area contributed by atoms with Gasteiger partial charge in [-0.2, -0.15) is 13.2 Å². The standard InChI is InChI=1S/C22H30F3N5O5/c1-20(2)33-17-16(29-15-9-7-8-14(28-15)22(23,24)25)19-32-13-21(35-19,18(17)34-20)12-31-11-6-4-3-5-10-27-30-26/h7-9,16-19H,3-6,10-13H2,1-2H3,(H,28,29)/t16-,17-,18-,19+,21+/m1/s1. The number of aromatic nitrogens is 1. The second kappa shape index (κ2) is 10.5. The zero-order valence-corrected chi connectivity index (χ0v) is 19.7. The Morgan fingerprint density at radius 3 is 2.77 bits per heavy atom. The average molecular weight is 502 g/mol. The lowest BCUT2D eigenvalue weighted by Gasteiger charge is -2.42. The van der Waals surface area contributed by atoms with E-state index < -0.39 is 47.8 Å². The first-order valence-corrected chi connectivity index (χ1v) is 11.7. The number of ether oxygens (including phenoxy) is 5. The van der Waals surface area contributed by atoms with Crippen molar-refractivity contribution in [1.29, 1.82) is 0 Å². The Balaban J connectivity index is 1.38. The zero-order valence-electron chi connectivity index (χ0n) is 19.7. The van der Waals surface area contributed by atoms with Gasteiger partial charge >= 0.3 is 6.18 Å². The van der Waals surface area contributed by atoms with E-state index in [1.165, 1.54) is 12.1 Å². The number of nitrogens with one attached hydrogen (secondary N) is 1. The predicted octanol–water partition coefficient (Wildman–Crippen LogP) is 4.41. The van der Waals surface area contributed by atoms with Crippen molar-refractivity contribution in [3.63, 3.8) is 0 Å². The summed E-state index contributed by atoms with van der Waals surface area (Å²) < 4.78 is 69.7. The SMILES string of the molecule is CC1(C)O[C@@H]2[C@@H](Nc3cccc(C(F)(F)F)n3)[C@H]3OC[C@](COCCCCCCN=[N+]=[N-])(O3)[C@@H]2O1. The molecule has 194 valence electrons. The molecule has 1 N–H and O–H groups in total. The molecule has 4 heterocycles. The summed E-state index contributed by atoms with van der Waals surface area (Å²) >= 11 is 0. The molecule has 5 atom stereocenters. The van der Waals surface area contributed by atoms with Gasteiger partial charge in [-0.3, -0.25) is 0 Å². The van der Waals surface area contributed by atoms with Crippen LogP contribution >= 0.6 is 0 Å². The van der Waals surface area contributed by atoms with Crippen LogP contribution in [0.4, 0.5) is 19.0 Å². The lowest BCUT2D eigenvalue weighted by atomic mass is 9.88. The molecule has 3 aliphatic rings. The number of nitrogens with zero attached hydrogens (tertiary/aromatic N) is 4. The number of hydrogen-bond donors (Lipinski definition) is 1. The molecule has 13 heteroatoms. The first-order chi connectivity index (χ1) is 16.6. The van der Waals surface area contributed by atoms with Gasteiger partial charge in [0.25, 0.3) is 0 Å². The predicted molar refractivity (Wildman–Crippen MR) is 117 cm³/mol. The molecule has 0 aliphatic carbocycles. The maximum atomic E-state index is 13.1. The summed E-state index contributed by atoms with van der Waals surface area (Å²) in [5, 5.41) is 6.53. The Kier molecular flexibility index (Phi) is 7.74. The lowest BCUT2D eigenvalue weighted by Crippen LogP contribution is -2.63. The van der Waals surface area contributed by atoms with Gasteiger partial charge in [0.2, 0.25) is 0 Å². The highest BCUT2D eigenvalue weighted by Crippen LogP contribution is 2.47. The second-order valence-electron chi connectivity index (χ2n) is 9.38. The number of anilines is 1. The summed E-state index contributed by atoms with van der Waals surface area (Å²) in [4.78, 5) is 6.43. The van der Waals surface area contributed by atoms with E-state index in [4.69, 9.17) is 29.2 Å². The molecule has 0 radical (unpaired) electrons. The molecule has 3 fully saturated rings. The topological polar surface area (TPSA) is 120 Å². The van der Waals surface area contributed by atoms with Crippen LogP contribution in [0, 0.1) is 0 Å². The van der Waals surface area contributed by atoms with E-state index in [-0.39, 0.29) is 19.0 Å². The maximum absolute atomic E-state index is 13.1. The molecular formula is C22H30F3N5O5. The highest BCUT2D eigenvalue weighted by atomic mass is 19.4. The smallest absolute Gasteiger partial charge is 0.378 e. The van der Waals surface area contributed by atoms with E-state index in [2.05, 4.69) is 20.3 Å². The largest absolute Gasteiger partial charge is 0.433 e. The van der Waals surface area contributed by atoms with E-state index in [9.17, 15) is 13.2 Å². The quantitative estimate of drug-likeness (QED) is 0.206. The van der Waals surface area contributed by atoms with Crippen LogP contribution in [0.5, 0.6) is 0 Å². The molecule has 35 heavy (non-hydrogen) atoms. The molecule has 0 saturated carbocycles. The number of rotatable bonds is 11. The van der Waals surface area contributed by atoms with Crippen molar-refractivity contribution < 1.29 is 36.9 Å². The molecule has 0 aromatic carbocycles. The second-order valence-corrected chi connectivity index (χ2v) is 9.38. The van der Waals surface area contributed by atoms with Gasteiger partial charge in [-0.25, -0.2) is 4.98 Å². The summed E-state index contributed by atoms with van der Waals surface area (Å²) in [6, 6.07) is 3.03. The van der Waals surface area contributed by atoms with Gasteiger partial charge in [-0.15, -0.1) is 0 Å². The fourth-order valence-electron chi connectivity index (χ4n) is 4.64. The van der Waals surface area contributed by atoms with Gasteiger partial charge < -0.3 is 29.0 Å². The van der Waals surface area contributed by atoms with Gasteiger partial charge in [0.15, 0.2) is 12.1 Å². The van der Waals surface area contributed by atoms with E-state index in [0.29, 0.717) is 13.2 Å². The van der Waals surface area contributed by atoms with Crippen LogP contribution in [0.1, 0.15) is 45.2 Å². The van der Waals surface area contributed by atoms with Crippen LogP contribution in [0.15, 0.2) is 23.3 Å². The Bertz CT molecular complexity index is 929. The van der Waals surface area contributed by atoms with Gasteiger partial charge in [-0.05, 0) is 44.4 Å². The number of alkyl halides is 3. The monoisotopic (exact) mass is 501 g/mol. The number of unbranched alkanes of at least 4 members (excludes halogenated alkanes) is 3. The third-order valence-corrected chi connectivity index (χ3v) is 6.20.